The second kappa shape index (κ2) is 12.0. The van der Waals surface area contributed by atoms with Gasteiger partial charge in [0.15, 0.2) is 0 Å². The zero-order valence-corrected chi connectivity index (χ0v) is 25.1. The molecule has 2 aromatic carbocycles. The van der Waals surface area contributed by atoms with Crippen LogP contribution in [0.15, 0.2) is 60.8 Å². The molecule has 11 heteroatoms. The number of amides is 4. The predicted molar refractivity (Wildman–Crippen MR) is 167 cm³/mol. The molecule has 2 aromatic heterocycles. The van der Waals surface area contributed by atoms with Crippen LogP contribution >= 0.6 is 11.3 Å². The summed E-state index contributed by atoms with van der Waals surface area (Å²) in [4.78, 5) is 49.0. The molecule has 0 bridgehead atoms. The normalized spacial score (nSPS) is 17.0. The third-order valence-corrected chi connectivity index (χ3v) is 8.84. The van der Waals surface area contributed by atoms with Crippen LogP contribution in [0, 0.1) is 12.8 Å². The number of piperidine rings is 1. The SMILES string of the molecule is COCC(C)C(=O)N1CCCC(NC(=O)c2sc3nccc4c3c2NC(=O)N4c2ccc(Oc3ccccc3)cc2C)C1. The Morgan fingerprint density at radius 1 is 1.14 bits per heavy atom. The minimum atomic E-state index is -0.367. The Labute approximate surface area is 253 Å². The number of rotatable bonds is 8. The van der Waals surface area contributed by atoms with Crippen LogP contribution in [0.1, 0.15) is 35.0 Å². The molecule has 0 saturated carbocycles. The first-order valence-corrected chi connectivity index (χ1v) is 15.1. The average molecular weight is 600 g/mol. The molecule has 1 saturated heterocycles. The third-order valence-electron chi connectivity index (χ3n) is 7.75. The zero-order chi connectivity index (χ0) is 30.1. The van der Waals surface area contributed by atoms with Gasteiger partial charge in [0.1, 0.15) is 21.2 Å². The van der Waals surface area contributed by atoms with Gasteiger partial charge in [-0.2, -0.15) is 0 Å². The number of thiophene rings is 1. The van der Waals surface area contributed by atoms with Gasteiger partial charge in [-0.05, 0) is 61.7 Å². The number of benzene rings is 2. The molecule has 6 rings (SSSR count). The molecule has 2 N–H and O–H groups in total. The number of ether oxygens (including phenoxy) is 2. The van der Waals surface area contributed by atoms with Crippen LogP contribution in [0.2, 0.25) is 0 Å². The molecule has 4 amide bonds. The Morgan fingerprint density at radius 3 is 2.72 bits per heavy atom. The second-order valence-corrected chi connectivity index (χ2v) is 11.9. The highest BCUT2D eigenvalue weighted by molar-refractivity contribution is 7.21. The third kappa shape index (κ3) is 5.65. The summed E-state index contributed by atoms with van der Waals surface area (Å²) in [6.45, 7) is 5.22. The molecular formula is C32H33N5O5S. The van der Waals surface area contributed by atoms with Crippen molar-refractivity contribution in [2.24, 2.45) is 5.92 Å². The summed E-state index contributed by atoms with van der Waals surface area (Å²) >= 11 is 1.24. The monoisotopic (exact) mass is 599 g/mol. The lowest BCUT2D eigenvalue weighted by Gasteiger charge is -2.34. The van der Waals surface area contributed by atoms with Crippen molar-refractivity contribution in [1.29, 1.82) is 0 Å². The number of urea groups is 1. The largest absolute Gasteiger partial charge is 0.457 e. The van der Waals surface area contributed by atoms with E-state index in [-0.39, 0.29) is 29.8 Å². The van der Waals surface area contributed by atoms with Gasteiger partial charge >= 0.3 is 6.03 Å². The smallest absolute Gasteiger partial charge is 0.331 e. The lowest BCUT2D eigenvalue weighted by Crippen LogP contribution is -2.51. The van der Waals surface area contributed by atoms with Crippen LogP contribution in [0.4, 0.5) is 21.9 Å². The summed E-state index contributed by atoms with van der Waals surface area (Å²) in [6, 6.07) is 16.3. The Morgan fingerprint density at radius 2 is 1.95 bits per heavy atom. The van der Waals surface area contributed by atoms with E-state index in [0.29, 0.717) is 52.2 Å². The van der Waals surface area contributed by atoms with Crippen LogP contribution in [0.3, 0.4) is 0 Å². The van der Waals surface area contributed by atoms with Crippen LogP contribution in [-0.4, -0.2) is 60.6 Å². The van der Waals surface area contributed by atoms with E-state index in [1.807, 2.05) is 62.4 Å². The minimum absolute atomic E-state index is 0.0221. The number of nitrogens with one attached hydrogen (secondary N) is 2. The van der Waals surface area contributed by atoms with E-state index in [2.05, 4.69) is 15.6 Å². The molecule has 0 radical (unpaired) electrons. The van der Waals surface area contributed by atoms with Crippen molar-refractivity contribution in [2.75, 3.05) is 37.0 Å². The standard InChI is InChI=1S/C32H33N5O5S/c1-19-16-23(42-22-9-5-4-6-10-22)11-12-24(19)37-25-13-14-33-30-26(25)27(35-32(37)40)28(43-30)29(38)34-21-8-7-15-36(17-21)31(39)20(2)18-41-3/h4-6,9-14,16,20-21H,7-8,15,17-18H2,1-3H3,(H,34,38)(H,35,40). The maximum Gasteiger partial charge on any atom is 0.331 e. The van der Waals surface area contributed by atoms with E-state index in [9.17, 15) is 14.4 Å². The fourth-order valence-electron chi connectivity index (χ4n) is 5.73. The molecule has 2 aliphatic rings. The number of nitrogens with zero attached hydrogens (tertiary/aromatic N) is 3. The van der Waals surface area contributed by atoms with Crippen molar-refractivity contribution >= 4 is 56.5 Å². The van der Waals surface area contributed by atoms with Gasteiger partial charge in [0.2, 0.25) is 5.91 Å². The van der Waals surface area contributed by atoms with Gasteiger partial charge in [-0.3, -0.25) is 14.5 Å². The van der Waals surface area contributed by atoms with Gasteiger partial charge in [0.25, 0.3) is 5.91 Å². The Balaban J connectivity index is 1.25. The molecule has 2 atom stereocenters. The van der Waals surface area contributed by atoms with Gasteiger partial charge < -0.3 is 25.0 Å². The van der Waals surface area contributed by atoms with Gasteiger partial charge in [-0.15, -0.1) is 11.3 Å². The van der Waals surface area contributed by atoms with E-state index in [4.69, 9.17) is 9.47 Å². The molecule has 4 aromatic rings. The minimum Gasteiger partial charge on any atom is -0.457 e. The zero-order valence-electron chi connectivity index (χ0n) is 24.3. The van der Waals surface area contributed by atoms with Crippen molar-refractivity contribution < 1.29 is 23.9 Å². The molecular weight excluding hydrogens is 566 g/mol. The first-order chi connectivity index (χ1) is 20.8. The number of aryl methyl sites for hydroxylation is 1. The van der Waals surface area contributed by atoms with E-state index in [1.54, 1.807) is 29.2 Å². The van der Waals surface area contributed by atoms with E-state index >= 15 is 0 Å². The lowest BCUT2D eigenvalue weighted by molar-refractivity contribution is -0.137. The van der Waals surface area contributed by atoms with Gasteiger partial charge in [0.05, 0.1) is 35.0 Å². The number of likely N-dealkylation sites (tertiary alicyclic amines) is 1. The van der Waals surface area contributed by atoms with Crippen molar-refractivity contribution in [3.05, 3.63) is 71.2 Å². The highest BCUT2D eigenvalue weighted by Gasteiger charge is 2.34. The number of carbonyl (C=O) groups excluding carboxylic acids is 3. The number of hydrogen-bond donors (Lipinski definition) is 2. The molecule has 0 spiro atoms. The quantitative estimate of drug-likeness (QED) is 0.254. The molecule has 4 heterocycles. The highest BCUT2D eigenvalue weighted by atomic mass is 32.1. The van der Waals surface area contributed by atoms with Gasteiger partial charge in [-0.25, -0.2) is 9.78 Å². The van der Waals surface area contributed by atoms with Crippen LogP contribution in [0.25, 0.3) is 10.2 Å². The molecule has 43 heavy (non-hydrogen) atoms. The van der Waals surface area contributed by atoms with Crippen LogP contribution in [-0.2, 0) is 9.53 Å². The fraction of sp³-hybridized carbons (Fsp3) is 0.312. The number of anilines is 3. The number of para-hydroxylation sites is 1. The van der Waals surface area contributed by atoms with E-state index in [0.717, 1.165) is 29.5 Å². The van der Waals surface area contributed by atoms with Crippen molar-refractivity contribution in [1.82, 2.24) is 15.2 Å². The summed E-state index contributed by atoms with van der Waals surface area (Å²) in [5.41, 5.74) is 2.66. The van der Waals surface area contributed by atoms with Crippen molar-refractivity contribution in [3.8, 4) is 11.5 Å². The Hall–Kier alpha value is -4.48. The Kier molecular flexibility index (Phi) is 8.00. The topological polar surface area (TPSA) is 113 Å². The first kappa shape index (κ1) is 28.6. The van der Waals surface area contributed by atoms with E-state index in [1.165, 1.54) is 11.3 Å². The lowest BCUT2D eigenvalue weighted by atomic mass is 10.0. The molecule has 1 fully saturated rings. The maximum atomic E-state index is 13.6. The number of pyridine rings is 1. The molecule has 222 valence electrons. The van der Waals surface area contributed by atoms with Crippen molar-refractivity contribution in [3.63, 3.8) is 0 Å². The van der Waals surface area contributed by atoms with Crippen LogP contribution in [0.5, 0.6) is 11.5 Å². The van der Waals surface area contributed by atoms with Gasteiger partial charge in [-0.1, -0.05) is 25.1 Å². The molecule has 2 unspecified atom stereocenters. The Bertz CT molecular complexity index is 1690. The summed E-state index contributed by atoms with van der Waals surface area (Å²) < 4.78 is 11.1. The van der Waals surface area contributed by atoms with Gasteiger partial charge in [0, 0.05) is 32.4 Å². The average Bonchev–Trinajstić information content (AvgIpc) is 3.38. The number of methoxy groups -OCH3 is 1. The number of hydrogen-bond acceptors (Lipinski definition) is 7. The van der Waals surface area contributed by atoms with E-state index < -0.39 is 0 Å². The maximum absolute atomic E-state index is 13.6. The van der Waals surface area contributed by atoms with Crippen LogP contribution < -0.4 is 20.3 Å². The molecule has 10 nitrogen and oxygen atoms in total. The summed E-state index contributed by atoms with van der Waals surface area (Å²) in [7, 11) is 1.58. The first-order valence-electron chi connectivity index (χ1n) is 14.3. The second-order valence-electron chi connectivity index (χ2n) is 10.9. The highest BCUT2D eigenvalue weighted by Crippen LogP contribution is 2.46. The predicted octanol–water partition coefficient (Wildman–Crippen LogP) is 6.08. The summed E-state index contributed by atoms with van der Waals surface area (Å²) in [6.07, 6.45) is 3.21. The molecule has 0 aliphatic carbocycles. The number of carbonyl (C=O) groups is 3. The summed E-state index contributed by atoms with van der Waals surface area (Å²) in [5, 5.41) is 6.78. The molecule has 2 aliphatic heterocycles. The fourth-order valence-corrected chi connectivity index (χ4v) is 6.75. The van der Waals surface area contributed by atoms with Crippen molar-refractivity contribution in [2.45, 2.75) is 32.7 Å². The summed E-state index contributed by atoms with van der Waals surface area (Å²) in [5.74, 6) is 0.874. The number of aromatic nitrogens is 1.